The molecule has 1 unspecified atom stereocenters. The minimum absolute atomic E-state index is 0.274. The van der Waals surface area contributed by atoms with E-state index in [1.165, 1.54) is 10.6 Å². The van der Waals surface area contributed by atoms with E-state index in [1.807, 2.05) is 48.5 Å². The number of hydrogen-bond donors (Lipinski definition) is 3. The van der Waals surface area contributed by atoms with E-state index in [0.29, 0.717) is 34.1 Å². The predicted molar refractivity (Wildman–Crippen MR) is 174 cm³/mol. The molecule has 1 atom stereocenters. The fraction of sp³-hybridized carbons (Fsp3) is 0.212. The van der Waals surface area contributed by atoms with Crippen molar-refractivity contribution in [2.45, 2.75) is 6.23 Å². The maximum absolute atomic E-state index is 14.0. The van der Waals surface area contributed by atoms with Gasteiger partial charge in [-0.05, 0) is 43.5 Å². The van der Waals surface area contributed by atoms with Gasteiger partial charge in [-0.2, -0.15) is 4.98 Å². The number of aliphatic hydroxyl groups is 1. The molecule has 11 nitrogen and oxygen atoms in total. The van der Waals surface area contributed by atoms with Crippen molar-refractivity contribution in [1.82, 2.24) is 24.4 Å². The van der Waals surface area contributed by atoms with Gasteiger partial charge in [0.2, 0.25) is 5.95 Å². The number of benzene rings is 3. The summed E-state index contributed by atoms with van der Waals surface area (Å²) in [5.41, 5.74) is 4.31. The average Bonchev–Trinajstić information content (AvgIpc) is 3.05. The van der Waals surface area contributed by atoms with Gasteiger partial charge in [-0.25, -0.2) is 9.97 Å². The zero-order valence-corrected chi connectivity index (χ0v) is 24.6. The number of ether oxygens (including phenoxy) is 1. The molecule has 1 aliphatic heterocycles. The van der Waals surface area contributed by atoms with E-state index in [-0.39, 0.29) is 11.3 Å². The van der Waals surface area contributed by atoms with Crippen LogP contribution in [0.3, 0.4) is 0 Å². The van der Waals surface area contributed by atoms with Crippen LogP contribution in [0, 0.1) is 0 Å². The Balaban J connectivity index is 1.42. The van der Waals surface area contributed by atoms with Gasteiger partial charge in [0.25, 0.3) is 5.56 Å². The summed E-state index contributed by atoms with van der Waals surface area (Å²) < 4.78 is 7.26. The molecule has 6 rings (SSSR count). The molecule has 2 aromatic heterocycles. The van der Waals surface area contributed by atoms with Crippen LogP contribution in [0.1, 0.15) is 0 Å². The highest BCUT2D eigenvalue weighted by atomic mass is 16.5. The van der Waals surface area contributed by atoms with Crippen LogP contribution in [0.4, 0.5) is 23.0 Å². The van der Waals surface area contributed by atoms with Gasteiger partial charge >= 0.3 is 0 Å². The Kier molecular flexibility index (Phi) is 8.22. The maximum Gasteiger partial charge on any atom is 0.283 e. The topological polar surface area (TPSA) is 121 Å². The molecule has 1 aliphatic rings. The first-order chi connectivity index (χ1) is 21.4. The van der Waals surface area contributed by atoms with Gasteiger partial charge in [-0.15, -0.1) is 0 Å². The van der Waals surface area contributed by atoms with Crippen molar-refractivity contribution in [1.29, 1.82) is 0 Å². The Bertz CT molecular complexity index is 1850. The molecule has 1 saturated heterocycles. The lowest BCUT2D eigenvalue weighted by Crippen LogP contribution is -2.44. The fourth-order valence-corrected chi connectivity index (χ4v) is 5.22. The molecule has 0 saturated carbocycles. The van der Waals surface area contributed by atoms with Crippen LogP contribution in [0.15, 0.2) is 96.4 Å². The third kappa shape index (κ3) is 5.96. The molecule has 44 heavy (non-hydrogen) atoms. The highest BCUT2D eigenvalue weighted by Gasteiger charge is 2.20. The van der Waals surface area contributed by atoms with E-state index in [0.717, 1.165) is 43.3 Å². The van der Waals surface area contributed by atoms with Gasteiger partial charge in [-0.3, -0.25) is 9.36 Å². The standard InChI is InChI=1S/C33H34N8O3/c1-4-29(42)35-23-11-8-12-25(19-23)41-31-26(37-30(32(41)43)22-9-6-5-7-10-22)21-34-33(38-31)36-24-13-14-27(28(20-24)44-3)40-17-15-39(2)16-18-40/h4-14,19-21,29,35,42H,1,15-18H2,2-3H3,(H,34,36,38). The van der Waals surface area contributed by atoms with Crippen molar-refractivity contribution in [3.63, 3.8) is 0 Å². The highest BCUT2D eigenvalue weighted by Crippen LogP contribution is 2.33. The van der Waals surface area contributed by atoms with E-state index in [4.69, 9.17) is 9.72 Å². The minimum atomic E-state index is -0.950. The second-order valence-corrected chi connectivity index (χ2v) is 10.5. The molecule has 0 aliphatic carbocycles. The number of nitrogens with zero attached hydrogens (tertiary/aromatic N) is 6. The molecular weight excluding hydrogens is 556 g/mol. The van der Waals surface area contributed by atoms with E-state index in [9.17, 15) is 9.90 Å². The van der Waals surface area contributed by atoms with Crippen LogP contribution in [0.5, 0.6) is 5.75 Å². The van der Waals surface area contributed by atoms with Crippen molar-refractivity contribution < 1.29 is 9.84 Å². The van der Waals surface area contributed by atoms with Gasteiger partial charge in [-0.1, -0.05) is 43.0 Å². The molecule has 0 spiro atoms. The molecule has 11 heteroatoms. The van der Waals surface area contributed by atoms with E-state index in [1.54, 1.807) is 37.6 Å². The van der Waals surface area contributed by atoms with Crippen LogP contribution in [0.25, 0.3) is 28.1 Å². The Morgan fingerprint density at radius 2 is 1.77 bits per heavy atom. The summed E-state index contributed by atoms with van der Waals surface area (Å²) in [5, 5.41) is 16.3. The number of hydrogen-bond acceptors (Lipinski definition) is 10. The molecular formula is C33H34N8O3. The Labute approximate surface area is 255 Å². The van der Waals surface area contributed by atoms with Crippen LogP contribution >= 0.6 is 0 Å². The van der Waals surface area contributed by atoms with Crippen LogP contribution < -0.4 is 25.8 Å². The van der Waals surface area contributed by atoms with Gasteiger partial charge < -0.3 is 30.3 Å². The third-order valence-corrected chi connectivity index (χ3v) is 7.57. The summed E-state index contributed by atoms with van der Waals surface area (Å²) >= 11 is 0. The van der Waals surface area contributed by atoms with E-state index < -0.39 is 6.23 Å². The molecule has 5 aromatic rings. The predicted octanol–water partition coefficient (Wildman–Crippen LogP) is 4.26. The largest absolute Gasteiger partial charge is 0.495 e. The number of likely N-dealkylation sites (N-methyl/N-ethyl adjacent to an activating group) is 1. The van der Waals surface area contributed by atoms with Crippen molar-refractivity contribution >= 4 is 34.2 Å². The zero-order chi connectivity index (χ0) is 30.6. The number of nitrogens with one attached hydrogen (secondary N) is 2. The number of piperazine rings is 1. The van der Waals surface area contributed by atoms with Gasteiger partial charge in [0.15, 0.2) is 5.65 Å². The van der Waals surface area contributed by atoms with Crippen molar-refractivity contribution in [3.05, 3.63) is 102 Å². The molecule has 1 fully saturated rings. The number of aromatic nitrogens is 4. The lowest BCUT2D eigenvalue weighted by atomic mass is 10.1. The molecule has 224 valence electrons. The van der Waals surface area contributed by atoms with Crippen molar-refractivity contribution in [2.24, 2.45) is 0 Å². The quantitative estimate of drug-likeness (QED) is 0.170. The summed E-state index contributed by atoms with van der Waals surface area (Å²) in [6.45, 7) is 7.44. The second kappa shape index (κ2) is 12.5. The Morgan fingerprint density at radius 1 is 0.977 bits per heavy atom. The van der Waals surface area contributed by atoms with Crippen LogP contribution in [-0.4, -0.2) is 76.1 Å². The summed E-state index contributed by atoms with van der Waals surface area (Å²) in [6.07, 6.45) is 2.03. The zero-order valence-electron chi connectivity index (χ0n) is 24.6. The number of aliphatic hydroxyl groups excluding tert-OH is 1. The Hall–Kier alpha value is -5.26. The first kappa shape index (κ1) is 28.8. The van der Waals surface area contributed by atoms with Gasteiger partial charge in [0.05, 0.1) is 24.7 Å². The molecule has 0 radical (unpaired) electrons. The summed E-state index contributed by atoms with van der Waals surface area (Å²) in [6, 6.07) is 22.4. The van der Waals surface area contributed by atoms with Crippen molar-refractivity contribution in [2.75, 3.05) is 55.9 Å². The third-order valence-electron chi connectivity index (χ3n) is 7.57. The monoisotopic (exact) mass is 590 g/mol. The van der Waals surface area contributed by atoms with E-state index in [2.05, 4.69) is 44.0 Å². The normalized spacial score (nSPS) is 14.3. The number of fused-ring (bicyclic) bond motifs is 1. The van der Waals surface area contributed by atoms with Gasteiger partial charge in [0.1, 0.15) is 23.2 Å². The summed E-state index contributed by atoms with van der Waals surface area (Å²) in [5.74, 6) is 1.04. The average molecular weight is 591 g/mol. The number of methoxy groups -OCH3 is 1. The first-order valence-corrected chi connectivity index (χ1v) is 14.3. The molecule has 3 aromatic carbocycles. The van der Waals surface area contributed by atoms with Gasteiger partial charge in [0, 0.05) is 49.2 Å². The van der Waals surface area contributed by atoms with Crippen LogP contribution in [0.2, 0.25) is 0 Å². The highest BCUT2D eigenvalue weighted by molar-refractivity contribution is 5.78. The molecule has 0 bridgehead atoms. The lowest BCUT2D eigenvalue weighted by Gasteiger charge is -2.34. The maximum atomic E-state index is 14.0. The fourth-order valence-electron chi connectivity index (χ4n) is 5.22. The number of rotatable bonds is 9. The summed E-state index contributed by atoms with van der Waals surface area (Å²) in [4.78, 5) is 32.6. The van der Waals surface area contributed by atoms with Crippen LogP contribution in [-0.2, 0) is 0 Å². The van der Waals surface area contributed by atoms with Crippen molar-refractivity contribution in [3.8, 4) is 22.7 Å². The molecule has 3 N–H and O–H groups in total. The minimum Gasteiger partial charge on any atom is -0.495 e. The number of anilines is 4. The molecule has 3 heterocycles. The lowest BCUT2D eigenvalue weighted by molar-refractivity contribution is 0.253. The summed E-state index contributed by atoms with van der Waals surface area (Å²) in [7, 11) is 3.79. The molecule has 0 amide bonds. The smallest absolute Gasteiger partial charge is 0.283 e. The second-order valence-electron chi connectivity index (χ2n) is 10.5. The van der Waals surface area contributed by atoms with E-state index >= 15 is 0 Å². The Morgan fingerprint density at radius 3 is 2.52 bits per heavy atom. The first-order valence-electron chi connectivity index (χ1n) is 14.3. The SMILES string of the molecule is C=CC(O)Nc1cccc(-n2c(=O)c(-c3ccccc3)nc3cnc(Nc4ccc(N5CCN(C)CC5)c(OC)c4)nc32)c1.